The summed E-state index contributed by atoms with van der Waals surface area (Å²) < 4.78 is 0.959. The average molecular weight is 316 g/mol. The van der Waals surface area contributed by atoms with Gasteiger partial charge >= 0.3 is 0 Å². The van der Waals surface area contributed by atoms with Crippen molar-refractivity contribution >= 4 is 39.1 Å². The van der Waals surface area contributed by atoms with E-state index in [9.17, 15) is 4.79 Å². The third-order valence-corrected chi connectivity index (χ3v) is 4.24. The first-order valence-corrected chi connectivity index (χ1v) is 7.10. The Balaban J connectivity index is 2.11. The lowest BCUT2D eigenvalue weighted by atomic mass is 10.2. The number of aliphatic imine (C=N–C) groups is 1. The van der Waals surface area contributed by atoms with E-state index in [4.69, 9.17) is 0 Å². The van der Waals surface area contributed by atoms with Crippen molar-refractivity contribution in [2.24, 2.45) is 10.9 Å². The molecular formula is C11H14BrN3OS. The fraction of sp³-hybridized carbons (Fsp3) is 0.455. The van der Waals surface area contributed by atoms with E-state index in [0.29, 0.717) is 18.4 Å². The summed E-state index contributed by atoms with van der Waals surface area (Å²) in [5, 5.41) is 7.83. The quantitative estimate of drug-likeness (QED) is 0.899. The highest BCUT2D eigenvalue weighted by Crippen LogP contribution is 2.30. The summed E-state index contributed by atoms with van der Waals surface area (Å²) in [5.74, 6) is 1.01. The van der Waals surface area contributed by atoms with E-state index >= 15 is 0 Å². The normalized spacial score (nSPS) is 22.0. The van der Waals surface area contributed by atoms with Gasteiger partial charge < -0.3 is 5.32 Å². The molecule has 0 saturated carbocycles. The van der Waals surface area contributed by atoms with E-state index in [1.54, 1.807) is 11.3 Å². The summed E-state index contributed by atoms with van der Waals surface area (Å²) in [6.07, 6.45) is 0. The van der Waals surface area contributed by atoms with Crippen LogP contribution in [0.1, 0.15) is 24.8 Å². The van der Waals surface area contributed by atoms with Gasteiger partial charge in [0.25, 0.3) is 5.91 Å². The summed E-state index contributed by atoms with van der Waals surface area (Å²) in [6, 6.07) is 1.62. The maximum atomic E-state index is 11.8. The lowest BCUT2D eigenvalue weighted by molar-refractivity contribution is -0.120. The standard InChI is InChI=1S/C11H14BrN3OS/c1-6(2)5-13-11-14-8(10(16)15-11)9-7(12)3-4-17-9/h3-4,6,8H,5H2,1-2H3,(H2,13,14,15,16). The molecule has 17 heavy (non-hydrogen) atoms. The number of rotatable bonds is 3. The summed E-state index contributed by atoms with van der Waals surface area (Å²) >= 11 is 4.99. The van der Waals surface area contributed by atoms with Crippen molar-refractivity contribution in [1.82, 2.24) is 10.6 Å². The molecule has 1 amide bonds. The van der Waals surface area contributed by atoms with E-state index in [1.807, 2.05) is 11.4 Å². The Morgan fingerprint density at radius 3 is 2.94 bits per heavy atom. The minimum Gasteiger partial charge on any atom is -0.340 e. The minimum absolute atomic E-state index is 0.0457. The van der Waals surface area contributed by atoms with Gasteiger partial charge in [-0.25, -0.2) is 0 Å². The number of hydrogen-bond donors (Lipinski definition) is 2. The van der Waals surface area contributed by atoms with Crippen LogP contribution in [-0.2, 0) is 4.79 Å². The topological polar surface area (TPSA) is 53.5 Å². The molecule has 1 fully saturated rings. The van der Waals surface area contributed by atoms with Crippen LogP contribution in [0.3, 0.4) is 0 Å². The van der Waals surface area contributed by atoms with Crippen LogP contribution in [0.2, 0.25) is 0 Å². The Bertz CT molecular complexity index is 455. The van der Waals surface area contributed by atoms with Crippen LogP contribution in [0.25, 0.3) is 0 Å². The Morgan fingerprint density at radius 2 is 2.35 bits per heavy atom. The lowest BCUT2D eigenvalue weighted by Crippen LogP contribution is -2.26. The zero-order valence-electron chi connectivity index (χ0n) is 9.66. The van der Waals surface area contributed by atoms with Gasteiger partial charge in [0.05, 0.1) is 4.88 Å². The van der Waals surface area contributed by atoms with E-state index in [0.717, 1.165) is 9.35 Å². The molecule has 0 aliphatic carbocycles. The summed E-state index contributed by atoms with van der Waals surface area (Å²) in [7, 11) is 0. The van der Waals surface area contributed by atoms with Crippen LogP contribution >= 0.6 is 27.3 Å². The van der Waals surface area contributed by atoms with Crippen molar-refractivity contribution in [3.8, 4) is 0 Å². The molecule has 1 atom stereocenters. The second kappa shape index (κ2) is 5.18. The Kier molecular flexibility index (Phi) is 3.83. The molecule has 0 bridgehead atoms. The van der Waals surface area contributed by atoms with Crippen LogP contribution < -0.4 is 10.6 Å². The van der Waals surface area contributed by atoms with Gasteiger partial charge in [-0.2, -0.15) is 0 Å². The molecule has 2 heterocycles. The number of carbonyl (C=O) groups excluding carboxylic acids is 1. The lowest BCUT2D eigenvalue weighted by Gasteiger charge is -2.06. The van der Waals surface area contributed by atoms with Crippen LogP contribution in [0.5, 0.6) is 0 Å². The number of nitrogens with zero attached hydrogens (tertiary/aromatic N) is 1. The van der Waals surface area contributed by atoms with Gasteiger partial charge in [-0.15, -0.1) is 11.3 Å². The summed E-state index contributed by atoms with van der Waals surface area (Å²) in [4.78, 5) is 17.1. The van der Waals surface area contributed by atoms with Crippen molar-refractivity contribution < 1.29 is 4.79 Å². The summed E-state index contributed by atoms with van der Waals surface area (Å²) in [6.45, 7) is 4.89. The van der Waals surface area contributed by atoms with E-state index < -0.39 is 0 Å². The Hall–Kier alpha value is -0.880. The zero-order chi connectivity index (χ0) is 12.4. The third kappa shape index (κ3) is 2.87. The second-order valence-corrected chi connectivity index (χ2v) is 6.08. The fourth-order valence-corrected chi connectivity index (χ4v) is 3.13. The van der Waals surface area contributed by atoms with Crippen LogP contribution in [-0.4, -0.2) is 18.4 Å². The molecule has 4 nitrogen and oxygen atoms in total. The maximum Gasteiger partial charge on any atom is 0.254 e. The largest absolute Gasteiger partial charge is 0.340 e. The Morgan fingerprint density at radius 1 is 1.59 bits per heavy atom. The number of nitrogens with one attached hydrogen (secondary N) is 2. The Labute approximate surface area is 113 Å². The van der Waals surface area contributed by atoms with Crippen molar-refractivity contribution in [1.29, 1.82) is 0 Å². The zero-order valence-corrected chi connectivity index (χ0v) is 12.1. The highest BCUT2D eigenvalue weighted by molar-refractivity contribution is 9.10. The number of halogens is 1. The van der Waals surface area contributed by atoms with Crippen LogP contribution in [0.15, 0.2) is 20.9 Å². The van der Waals surface area contributed by atoms with Crippen molar-refractivity contribution in [3.05, 3.63) is 20.8 Å². The number of guanidine groups is 1. The highest BCUT2D eigenvalue weighted by atomic mass is 79.9. The average Bonchev–Trinajstić information content (AvgIpc) is 2.81. The van der Waals surface area contributed by atoms with E-state index in [2.05, 4.69) is 45.4 Å². The molecule has 1 aromatic rings. The SMILES string of the molecule is CC(C)CN=C1NC(=O)C(c2sccc2Br)N1. The van der Waals surface area contributed by atoms with Crippen molar-refractivity contribution in [2.75, 3.05) is 6.54 Å². The van der Waals surface area contributed by atoms with Gasteiger partial charge in [0.2, 0.25) is 0 Å². The monoisotopic (exact) mass is 315 g/mol. The molecule has 2 rings (SSSR count). The van der Waals surface area contributed by atoms with Gasteiger partial charge in [0.15, 0.2) is 5.96 Å². The first-order chi connectivity index (χ1) is 8.08. The molecule has 1 aromatic heterocycles. The molecule has 0 radical (unpaired) electrons. The molecule has 0 aromatic carbocycles. The number of carbonyl (C=O) groups is 1. The van der Waals surface area contributed by atoms with Gasteiger partial charge in [-0.3, -0.25) is 15.1 Å². The molecule has 1 aliphatic heterocycles. The fourth-order valence-electron chi connectivity index (χ4n) is 1.48. The number of hydrogen-bond acceptors (Lipinski definition) is 3. The van der Waals surface area contributed by atoms with Crippen molar-refractivity contribution in [3.63, 3.8) is 0 Å². The predicted octanol–water partition coefficient (Wildman–Crippen LogP) is 2.28. The third-order valence-electron chi connectivity index (χ3n) is 2.31. The number of amides is 1. The molecule has 92 valence electrons. The molecule has 2 N–H and O–H groups in total. The minimum atomic E-state index is -0.324. The molecule has 1 saturated heterocycles. The first-order valence-electron chi connectivity index (χ1n) is 5.42. The first kappa shape index (κ1) is 12.6. The van der Waals surface area contributed by atoms with Gasteiger partial charge in [0.1, 0.15) is 6.04 Å². The van der Waals surface area contributed by atoms with Crippen molar-refractivity contribution in [2.45, 2.75) is 19.9 Å². The molecule has 1 unspecified atom stereocenters. The molecule has 0 spiro atoms. The molecule has 1 aliphatic rings. The highest BCUT2D eigenvalue weighted by Gasteiger charge is 2.31. The smallest absolute Gasteiger partial charge is 0.254 e. The molecular weight excluding hydrogens is 302 g/mol. The van der Waals surface area contributed by atoms with Crippen LogP contribution in [0, 0.1) is 5.92 Å². The van der Waals surface area contributed by atoms with E-state index in [-0.39, 0.29) is 11.9 Å². The van der Waals surface area contributed by atoms with Crippen LogP contribution in [0.4, 0.5) is 0 Å². The number of thiophene rings is 1. The van der Waals surface area contributed by atoms with Gasteiger partial charge in [-0.05, 0) is 33.3 Å². The second-order valence-electron chi connectivity index (χ2n) is 4.28. The molecule has 6 heteroatoms. The predicted molar refractivity (Wildman–Crippen MR) is 73.2 cm³/mol. The van der Waals surface area contributed by atoms with E-state index in [1.165, 1.54) is 0 Å². The van der Waals surface area contributed by atoms with Gasteiger partial charge in [-0.1, -0.05) is 13.8 Å². The van der Waals surface area contributed by atoms with Gasteiger partial charge in [0, 0.05) is 11.0 Å². The maximum absolute atomic E-state index is 11.8. The summed E-state index contributed by atoms with van der Waals surface area (Å²) in [5.41, 5.74) is 0.